The highest BCUT2D eigenvalue weighted by atomic mass is 16.6. The Morgan fingerprint density at radius 3 is 2.61 bits per heavy atom. The molecule has 0 atom stereocenters. The number of nitrogens with one attached hydrogen (secondary N) is 2. The molecule has 0 aliphatic carbocycles. The summed E-state index contributed by atoms with van der Waals surface area (Å²) < 4.78 is 16.0. The molecule has 1 aliphatic rings. The fourth-order valence-corrected chi connectivity index (χ4v) is 3.41. The molecule has 9 nitrogen and oxygen atoms in total. The first-order valence-corrected chi connectivity index (χ1v) is 10.2. The molecule has 0 spiro atoms. The molecule has 3 rings (SSSR count). The van der Waals surface area contributed by atoms with Crippen LogP contribution in [0.2, 0.25) is 0 Å². The zero-order chi connectivity index (χ0) is 22.6. The van der Waals surface area contributed by atoms with Gasteiger partial charge >= 0.3 is 6.09 Å². The first kappa shape index (κ1) is 22.5. The number of hydrogen-bond donors (Lipinski definition) is 2. The van der Waals surface area contributed by atoms with Crippen molar-refractivity contribution in [3.8, 4) is 11.5 Å². The smallest absolute Gasteiger partial charge is 0.410 e. The minimum Gasteiger partial charge on any atom is -0.493 e. The summed E-state index contributed by atoms with van der Waals surface area (Å²) in [6.07, 6.45) is 0.836. The van der Waals surface area contributed by atoms with Crippen LogP contribution in [-0.4, -0.2) is 60.0 Å². The van der Waals surface area contributed by atoms with E-state index in [1.165, 1.54) is 0 Å². The maximum Gasteiger partial charge on any atom is 0.410 e. The first-order chi connectivity index (χ1) is 14.7. The highest BCUT2D eigenvalue weighted by molar-refractivity contribution is 5.94. The average Bonchev–Trinajstić information content (AvgIpc) is 3.15. The number of benzene rings is 1. The van der Waals surface area contributed by atoms with Gasteiger partial charge < -0.3 is 24.4 Å². The van der Waals surface area contributed by atoms with Gasteiger partial charge in [-0.25, -0.2) is 4.79 Å². The molecule has 2 heterocycles. The predicted molar refractivity (Wildman–Crippen MR) is 115 cm³/mol. The van der Waals surface area contributed by atoms with Gasteiger partial charge in [-0.1, -0.05) is 6.07 Å². The van der Waals surface area contributed by atoms with E-state index in [2.05, 4.69) is 15.5 Å². The van der Waals surface area contributed by atoms with Crippen LogP contribution in [0.4, 0.5) is 4.79 Å². The summed E-state index contributed by atoms with van der Waals surface area (Å²) in [6.45, 7) is 6.73. The van der Waals surface area contributed by atoms with Crippen molar-refractivity contribution in [1.82, 2.24) is 20.4 Å². The van der Waals surface area contributed by atoms with Gasteiger partial charge in [0.2, 0.25) is 0 Å². The van der Waals surface area contributed by atoms with Gasteiger partial charge in [-0.05, 0) is 44.9 Å². The fourth-order valence-electron chi connectivity index (χ4n) is 3.41. The molecule has 0 saturated heterocycles. The second kappa shape index (κ2) is 9.28. The Hall–Kier alpha value is -3.23. The molecule has 9 heteroatoms. The molecule has 0 fully saturated rings. The summed E-state index contributed by atoms with van der Waals surface area (Å²) in [7, 11) is 3.18. The predicted octanol–water partition coefficient (Wildman–Crippen LogP) is 2.69. The van der Waals surface area contributed by atoms with Gasteiger partial charge in [0.15, 0.2) is 17.2 Å². The van der Waals surface area contributed by atoms with Crippen LogP contribution in [0, 0.1) is 0 Å². The number of fused-ring (bicyclic) bond motifs is 1. The van der Waals surface area contributed by atoms with Crippen molar-refractivity contribution in [2.75, 3.05) is 27.3 Å². The Morgan fingerprint density at radius 2 is 1.94 bits per heavy atom. The number of carbonyl (C=O) groups is 2. The third kappa shape index (κ3) is 5.48. The highest BCUT2D eigenvalue weighted by Crippen LogP contribution is 2.27. The molecule has 1 aliphatic heterocycles. The standard InChI is InChI=1S/C22H30N4O5/c1-22(2,3)31-21(28)26-11-9-16-15(13-26)19(25-24-16)20(27)23-10-8-14-6-7-17(29-4)18(12-14)30-5/h6-7,12H,8-11,13H2,1-5H3,(H,23,27)(H,24,25). The van der Waals surface area contributed by atoms with E-state index in [1.54, 1.807) is 19.1 Å². The number of nitrogens with zero attached hydrogens (tertiary/aromatic N) is 2. The van der Waals surface area contributed by atoms with Crippen LogP contribution < -0.4 is 14.8 Å². The van der Waals surface area contributed by atoms with Crippen LogP contribution >= 0.6 is 0 Å². The van der Waals surface area contributed by atoms with E-state index in [0.717, 1.165) is 16.8 Å². The summed E-state index contributed by atoms with van der Waals surface area (Å²) in [5.74, 6) is 1.03. The molecule has 1 aromatic heterocycles. The van der Waals surface area contributed by atoms with Crippen molar-refractivity contribution in [3.05, 3.63) is 40.7 Å². The van der Waals surface area contributed by atoms with Crippen molar-refractivity contribution in [1.29, 1.82) is 0 Å². The summed E-state index contributed by atoms with van der Waals surface area (Å²) in [6, 6.07) is 5.66. The molecule has 0 bridgehead atoms. The number of hydrogen-bond acceptors (Lipinski definition) is 6. The van der Waals surface area contributed by atoms with Crippen molar-refractivity contribution in [3.63, 3.8) is 0 Å². The van der Waals surface area contributed by atoms with Crippen molar-refractivity contribution < 1.29 is 23.8 Å². The van der Waals surface area contributed by atoms with Crippen molar-refractivity contribution in [2.24, 2.45) is 0 Å². The van der Waals surface area contributed by atoms with Crippen LogP contribution in [0.1, 0.15) is 48.1 Å². The third-order valence-corrected chi connectivity index (χ3v) is 4.95. The largest absolute Gasteiger partial charge is 0.493 e. The third-order valence-electron chi connectivity index (χ3n) is 4.95. The summed E-state index contributed by atoms with van der Waals surface area (Å²) in [4.78, 5) is 26.7. The van der Waals surface area contributed by atoms with Crippen LogP contribution in [0.5, 0.6) is 11.5 Å². The Bertz CT molecular complexity index is 948. The molecule has 0 saturated carbocycles. The van der Waals surface area contributed by atoms with E-state index in [-0.39, 0.29) is 12.0 Å². The molecule has 2 N–H and O–H groups in total. The maximum atomic E-state index is 12.7. The lowest BCUT2D eigenvalue weighted by Crippen LogP contribution is -2.40. The number of carbonyl (C=O) groups excluding carboxylic acids is 2. The Labute approximate surface area is 182 Å². The molecule has 0 unspecified atom stereocenters. The Balaban J connectivity index is 1.60. The maximum absolute atomic E-state index is 12.7. The number of H-pyrrole nitrogens is 1. The average molecular weight is 431 g/mol. The van der Waals surface area contributed by atoms with E-state index < -0.39 is 5.60 Å². The fraction of sp³-hybridized carbons (Fsp3) is 0.500. The van der Waals surface area contributed by atoms with E-state index in [9.17, 15) is 9.59 Å². The first-order valence-electron chi connectivity index (χ1n) is 10.2. The molecule has 168 valence electrons. The molecular weight excluding hydrogens is 400 g/mol. The molecular formula is C22H30N4O5. The van der Waals surface area contributed by atoms with Crippen LogP contribution in [0.15, 0.2) is 18.2 Å². The number of methoxy groups -OCH3 is 2. The zero-order valence-electron chi connectivity index (χ0n) is 18.7. The van der Waals surface area contributed by atoms with Gasteiger partial charge in [-0.2, -0.15) is 5.10 Å². The summed E-state index contributed by atoms with van der Waals surface area (Å²) in [5.41, 5.74) is 2.37. The lowest BCUT2D eigenvalue weighted by atomic mass is 10.1. The molecule has 2 aromatic rings. The van der Waals surface area contributed by atoms with Crippen LogP contribution in [0.25, 0.3) is 0 Å². The SMILES string of the molecule is COc1ccc(CCNC(=O)c2n[nH]c3c2CN(C(=O)OC(C)(C)C)CC3)cc1OC. The number of amides is 2. The van der Waals surface area contributed by atoms with Gasteiger partial charge in [0.25, 0.3) is 5.91 Å². The molecule has 31 heavy (non-hydrogen) atoms. The molecule has 1 aromatic carbocycles. The number of ether oxygens (including phenoxy) is 3. The number of aromatic nitrogens is 2. The minimum atomic E-state index is -0.571. The summed E-state index contributed by atoms with van der Waals surface area (Å²) >= 11 is 0. The van der Waals surface area contributed by atoms with Crippen molar-refractivity contribution >= 4 is 12.0 Å². The van der Waals surface area contributed by atoms with E-state index in [0.29, 0.717) is 49.7 Å². The van der Waals surface area contributed by atoms with E-state index >= 15 is 0 Å². The van der Waals surface area contributed by atoms with Gasteiger partial charge in [-0.3, -0.25) is 9.89 Å². The van der Waals surface area contributed by atoms with Crippen LogP contribution in [0.3, 0.4) is 0 Å². The second-order valence-corrected chi connectivity index (χ2v) is 8.38. The Morgan fingerprint density at radius 1 is 1.19 bits per heavy atom. The molecule has 2 amide bonds. The van der Waals surface area contributed by atoms with E-state index in [1.807, 2.05) is 39.0 Å². The lowest BCUT2D eigenvalue weighted by Gasteiger charge is -2.30. The molecule has 0 radical (unpaired) electrons. The topological polar surface area (TPSA) is 106 Å². The van der Waals surface area contributed by atoms with Gasteiger partial charge in [-0.15, -0.1) is 0 Å². The van der Waals surface area contributed by atoms with Crippen LogP contribution in [-0.2, 0) is 24.1 Å². The quantitative estimate of drug-likeness (QED) is 0.730. The zero-order valence-corrected chi connectivity index (χ0v) is 18.7. The number of aromatic amines is 1. The number of rotatable bonds is 6. The van der Waals surface area contributed by atoms with Crippen molar-refractivity contribution in [2.45, 2.75) is 45.8 Å². The highest BCUT2D eigenvalue weighted by Gasteiger charge is 2.30. The minimum absolute atomic E-state index is 0.274. The normalized spacial score (nSPS) is 13.4. The van der Waals surface area contributed by atoms with Gasteiger partial charge in [0.05, 0.1) is 20.8 Å². The van der Waals surface area contributed by atoms with E-state index in [4.69, 9.17) is 14.2 Å². The second-order valence-electron chi connectivity index (χ2n) is 8.38. The van der Waals surface area contributed by atoms with Gasteiger partial charge in [0.1, 0.15) is 5.60 Å². The monoisotopic (exact) mass is 430 g/mol. The van der Waals surface area contributed by atoms with Gasteiger partial charge in [0, 0.05) is 30.8 Å². The Kier molecular flexibility index (Phi) is 6.72. The lowest BCUT2D eigenvalue weighted by molar-refractivity contribution is 0.0222. The summed E-state index contributed by atoms with van der Waals surface area (Å²) in [5, 5.41) is 10.0.